The lowest BCUT2D eigenvalue weighted by molar-refractivity contribution is -0.384. The second kappa shape index (κ2) is 9.33. The van der Waals surface area contributed by atoms with Crippen molar-refractivity contribution in [2.75, 3.05) is 57.4 Å². The molecule has 25 heavy (non-hydrogen) atoms. The predicted octanol–water partition coefficient (Wildman–Crippen LogP) is 1.50. The van der Waals surface area contributed by atoms with Crippen LogP contribution in [-0.4, -0.2) is 68.2 Å². The van der Waals surface area contributed by atoms with E-state index in [1.54, 1.807) is 6.07 Å². The lowest BCUT2D eigenvalue weighted by atomic mass is 10.1. The molecular formula is C17H26N4O4. The molecule has 8 heteroatoms. The van der Waals surface area contributed by atoms with E-state index in [9.17, 15) is 14.9 Å². The van der Waals surface area contributed by atoms with Crippen LogP contribution in [0.25, 0.3) is 0 Å². The summed E-state index contributed by atoms with van der Waals surface area (Å²) in [6.45, 7) is 9.73. The van der Waals surface area contributed by atoms with E-state index >= 15 is 0 Å². The summed E-state index contributed by atoms with van der Waals surface area (Å²) in [5, 5.41) is 14.0. The molecule has 0 unspecified atom stereocenters. The molecule has 138 valence electrons. The largest absolute Gasteiger partial charge is 0.378 e. The zero-order valence-electron chi connectivity index (χ0n) is 14.9. The second-order valence-electron chi connectivity index (χ2n) is 5.84. The Kier molecular flexibility index (Phi) is 7.15. The van der Waals surface area contributed by atoms with E-state index < -0.39 is 4.92 Å². The Balaban J connectivity index is 2.15. The molecule has 1 aliphatic rings. The number of carbonyl (C=O) groups is 1. The maximum Gasteiger partial charge on any atom is 0.270 e. The van der Waals surface area contributed by atoms with Gasteiger partial charge in [0.05, 0.1) is 29.4 Å². The molecule has 1 fully saturated rings. The molecule has 0 spiro atoms. The highest BCUT2D eigenvalue weighted by Gasteiger charge is 2.22. The number of nitrogens with one attached hydrogen (secondary N) is 1. The Labute approximate surface area is 147 Å². The highest BCUT2D eigenvalue weighted by atomic mass is 16.6. The number of ether oxygens (including phenoxy) is 1. The zero-order valence-corrected chi connectivity index (χ0v) is 14.9. The van der Waals surface area contributed by atoms with Crippen molar-refractivity contribution in [1.29, 1.82) is 0 Å². The third-order valence-corrected chi connectivity index (χ3v) is 4.40. The minimum Gasteiger partial charge on any atom is -0.378 e. The van der Waals surface area contributed by atoms with E-state index in [-0.39, 0.29) is 11.6 Å². The molecule has 1 aromatic rings. The molecule has 1 amide bonds. The van der Waals surface area contributed by atoms with Crippen molar-refractivity contribution in [2.45, 2.75) is 13.8 Å². The van der Waals surface area contributed by atoms with Crippen LogP contribution >= 0.6 is 0 Å². The molecule has 1 aliphatic heterocycles. The van der Waals surface area contributed by atoms with Crippen LogP contribution in [0.15, 0.2) is 18.2 Å². The van der Waals surface area contributed by atoms with Gasteiger partial charge in [-0.25, -0.2) is 0 Å². The fourth-order valence-electron chi connectivity index (χ4n) is 2.86. The van der Waals surface area contributed by atoms with Gasteiger partial charge in [-0.2, -0.15) is 0 Å². The third-order valence-electron chi connectivity index (χ3n) is 4.40. The van der Waals surface area contributed by atoms with Crippen LogP contribution in [0.2, 0.25) is 0 Å². The first kappa shape index (κ1) is 19.1. The second-order valence-corrected chi connectivity index (χ2v) is 5.84. The number of amides is 1. The van der Waals surface area contributed by atoms with Crippen molar-refractivity contribution in [2.24, 2.45) is 0 Å². The predicted molar refractivity (Wildman–Crippen MR) is 96.2 cm³/mol. The number of nitrogens with zero attached hydrogens (tertiary/aromatic N) is 3. The summed E-state index contributed by atoms with van der Waals surface area (Å²) in [4.78, 5) is 27.5. The maximum atomic E-state index is 12.6. The number of anilines is 1. The number of benzene rings is 1. The number of carbonyl (C=O) groups excluding carboxylic acids is 1. The standard InChI is InChI=1S/C17H26N4O4/c1-3-19(4-2)8-7-18-17(22)15-13-14(21(23)24)5-6-16(15)20-9-11-25-12-10-20/h5-6,13H,3-4,7-12H2,1-2H3,(H,18,22). The number of non-ortho nitro benzene ring substituents is 1. The Bertz CT molecular complexity index is 598. The van der Waals surface area contributed by atoms with Crippen molar-refractivity contribution in [3.63, 3.8) is 0 Å². The average Bonchev–Trinajstić information content (AvgIpc) is 2.65. The van der Waals surface area contributed by atoms with Crippen LogP contribution < -0.4 is 10.2 Å². The van der Waals surface area contributed by atoms with Gasteiger partial charge in [0.2, 0.25) is 0 Å². The lowest BCUT2D eigenvalue weighted by Gasteiger charge is -2.30. The number of nitro groups is 1. The maximum absolute atomic E-state index is 12.6. The van der Waals surface area contributed by atoms with E-state index in [2.05, 4.69) is 24.1 Å². The van der Waals surface area contributed by atoms with Gasteiger partial charge in [0.15, 0.2) is 0 Å². The van der Waals surface area contributed by atoms with Gasteiger partial charge in [0, 0.05) is 38.3 Å². The smallest absolute Gasteiger partial charge is 0.270 e. The summed E-state index contributed by atoms with van der Waals surface area (Å²) in [5.74, 6) is -0.280. The van der Waals surface area contributed by atoms with Crippen LogP contribution in [-0.2, 0) is 4.74 Å². The molecule has 0 radical (unpaired) electrons. The van der Waals surface area contributed by atoms with Crippen LogP contribution in [0.5, 0.6) is 0 Å². The van der Waals surface area contributed by atoms with E-state index in [0.717, 1.165) is 19.6 Å². The van der Waals surface area contributed by atoms with Gasteiger partial charge in [-0.15, -0.1) is 0 Å². The summed E-state index contributed by atoms with van der Waals surface area (Å²) in [6, 6.07) is 4.46. The first-order chi connectivity index (χ1) is 12.1. The van der Waals surface area contributed by atoms with E-state index in [1.165, 1.54) is 12.1 Å². The molecule has 0 atom stereocenters. The first-order valence-corrected chi connectivity index (χ1v) is 8.68. The van der Waals surface area contributed by atoms with Crippen molar-refractivity contribution in [1.82, 2.24) is 10.2 Å². The fraction of sp³-hybridized carbons (Fsp3) is 0.588. The summed E-state index contributed by atoms with van der Waals surface area (Å²) >= 11 is 0. The lowest BCUT2D eigenvalue weighted by Crippen LogP contribution is -2.39. The van der Waals surface area contributed by atoms with Gasteiger partial charge >= 0.3 is 0 Å². The van der Waals surface area contributed by atoms with Crippen molar-refractivity contribution >= 4 is 17.3 Å². The van der Waals surface area contributed by atoms with Gasteiger partial charge in [-0.05, 0) is 19.2 Å². The Morgan fingerprint density at radius 1 is 1.32 bits per heavy atom. The molecule has 1 heterocycles. The molecule has 0 aromatic heterocycles. The number of likely N-dealkylation sites (N-methyl/N-ethyl adjacent to an activating group) is 1. The Morgan fingerprint density at radius 3 is 2.60 bits per heavy atom. The minimum absolute atomic E-state index is 0.0779. The number of hydrogen-bond acceptors (Lipinski definition) is 6. The summed E-state index contributed by atoms with van der Waals surface area (Å²) in [5.41, 5.74) is 0.982. The SMILES string of the molecule is CCN(CC)CCNC(=O)c1cc([N+](=O)[O-])ccc1N1CCOCC1. The fourth-order valence-corrected chi connectivity index (χ4v) is 2.86. The number of morpholine rings is 1. The summed E-state index contributed by atoms with van der Waals surface area (Å²) < 4.78 is 5.34. The van der Waals surface area contributed by atoms with E-state index in [0.29, 0.717) is 44.1 Å². The third kappa shape index (κ3) is 5.14. The van der Waals surface area contributed by atoms with Gasteiger partial charge in [0.1, 0.15) is 0 Å². The molecule has 1 N–H and O–H groups in total. The summed E-state index contributed by atoms with van der Waals surface area (Å²) in [6.07, 6.45) is 0. The van der Waals surface area contributed by atoms with Gasteiger partial charge < -0.3 is 19.9 Å². The quantitative estimate of drug-likeness (QED) is 0.565. The van der Waals surface area contributed by atoms with Gasteiger partial charge in [0.25, 0.3) is 11.6 Å². The van der Waals surface area contributed by atoms with Crippen molar-refractivity contribution < 1.29 is 14.5 Å². The molecular weight excluding hydrogens is 324 g/mol. The highest BCUT2D eigenvalue weighted by Crippen LogP contribution is 2.26. The highest BCUT2D eigenvalue weighted by molar-refractivity contribution is 6.00. The molecule has 0 saturated carbocycles. The first-order valence-electron chi connectivity index (χ1n) is 8.68. The van der Waals surface area contributed by atoms with E-state index in [4.69, 9.17) is 4.74 Å². The molecule has 8 nitrogen and oxygen atoms in total. The molecule has 1 saturated heterocycles. The molecule has 2 rings (SSSR count). The topological polar surface area (TPSA) is 88.0 Å². The van der Waals surface area contributed by atoms with Gasteiger partial charge in [-0.3, -0.25) is 14.9 Å². The minimum atomic E-state index is -0.476. The Morgan fingerprint density at radius 2 is 2.00 bits per heavy atom. The van der Waals surface area contributed by atoms with Gasteiger partial charge in [-0.1, -0.05) is 13.8 Å². The molecule has 1 aromatic carbocycles. The zero-order chi connectivity index (χ0) is 18.2. The molecule has 0 aliphatic carbocycles. The monoisotopic (exact) mass is 350 g/mol. The average molecular weight is 350 g/mol. The molecule has 0 bridgehead atoms. The number of hydrogen-bond donors (Lipinski definition) is 1. The normalized spacial score (nSPS) is 14.6. The Hall–Kier alpha value is -2.19. The van der Waals surface area contributed by atoms with Crippen molar-refractivity contribution in [3.05, 3.63) is 33.9 Å². The van der Waals surface area contributed by atoms with Crippen LogP contribution in [0, 0.1) is 10.1 Å². The van der Waals surface area contributed by atoms with Crippen molar-refractivity contribution in [3.8, 4) is 0 Å². The number of rotatable bonds is 8. The van der Waals surface area contributed by atoms with E-state index in [1.807, 2.05) is 4.90 Å². The van der Waals surface area contributed by atoms with Crippen LogP contribution in [0.4, 0.5) is 11.4 Å². The van der Waals surface area contributed by atoms with Crippen LogP contribution in [0.1, 0.15) is 24.2 Å². The summed E-state index contributed by atoms with van der Waals surface area (Å²) in [7, 11) is 0. The van der Waals surface area contributed by atoms with Crippen LogP contribution in [0.3, 0.4) is 0 Å². The number of nitro benzene ring substituents is 1.